The van der Waals surface area contributed by atoms with Gasteiger partial charge in [-0.2, -0.15) is 13.2 Å². The van der Waals surface area contributed by atoms with E-state index in [-0.39, 0.29) is 29.1 Å². The van der Waals surface area contributed by atoms with Gasteiger partial charge >= 0.3 is 6.18 Å². The van der Waals surface area contributed by atoms with E-state index in [9.17, 15) is 22.4 Å². The molecule has 0 aliphatic rings. The fraction of sp³-hybridized carbons (Fsp3) is 0.125. The SMILES string of the molecule is NCc1cc(NC(=O)c2cn3cccc(F)c3n2)cc(C(F)(F)F)c1. The molecule has 2 aromatic heterocycles. The fourth-order valence-corrected chi connectivity index (χ4v) is 2.33. The van der Waals surface area contributed by atoms with Crippen LogP contribution in [0.4, 0.5) is 23.2 Å². The predicted molar refractivity (Wildman–Crippen MR) is 82.4 cm³/mol. The van der Waals surface area contributed by atoms with Crippen molar-refractivity contribution in [1.29, 1.82) is 0 Å². The highest BCUT2D eigenvalue weighted by Gasteiger charge is 2.31. The highest BCUT2D eigenvalue weighted by molar-refractivity contribution is 6.03. The molecule has 9 heteroatoms. The number of fused-ring (bicyclic) bond motifs is 1. The Balaban J connectivity index is 1.93. The van der Waals surface area contributed by atoms with E-state index < -0.39 is 23.5 Å². The van der Waals surface area contributed by atoms with E-state index in [4.69, 9.17) is 5.73 Å². The Morgan fingerprint density at radius 1 is 1.28 bits per heavy atom. The Hall–Kier alpha value is -2.94. The largest absolute Gasteiger partial charge is 0.416 e. The molecule has 0 unspecified atom stereocenters. The average Bonchev–Trinajstić information content (AvgIpc) is 2.99. The highest BCUT2D eigenvalue weighted by Crippen LogP contribution is 2.32. The lowest BCUT2D eigenvalue weighted by Gasteiger charge is -2.12. The van der Waals surface area contributed by atoms with Crippen molar-refractivity contribution < 1.29 is 22.4 Å². The van der Waals surface area contributed by atoms with Gasteiger partial charge in [0.15, 0.2) is 11.5 Å². The smallest absolute Gasteiger partial charge is 0.326 e. The van der Waals surface area contributed by atoms with Crippen LogP contribution in [0.2, 0.25) is 0 Å². The van der Waals surface area contributed by atoms with Crippen LogP contribution in [-0.4, -0.2) is 15.3 Å². The van der Waals surface area contributed by atoms with Gasteiger partial charge in [-0.1, -0.05) is 0 Å². The summed E-state index contributed by atoms with van der Waals surface area (Å²) >= 11 is 0. The van der Waals surface area contributed by atoms with Gasteiger partial charge in [-0.3, -0.25) is 4.79 Å². The van der Waals surface area contributed by atoms with Gasteiger partial charge in [-0.05, 0) is 35.9 Å². The molecule has 0 fully saturated rings. The van der Waals surface area contributed by atoms with E-state index in [1.54, 1.807) is 0 Å². The number of nitrogens with two attached hydrogens (primary N) is 1. The van der Waals surface area contributed by atoms with Crippen molar-refractivity contribution in [2.75, 3.05) is 5.32 Å². The zero-order valence-electron chi connectivity index (χ0n) is 12.6. The Bertz CT molecular complexity index is 949. The van der Waals surface area contributed by atoms with Gasteiger partial charge in [0, 0.05) is 24.6 Å². The van der Waals surface area contributed by atoms with Crippen LogP contribution in [0, 0.1) is 5.82 Å². The third-order valence-electron chi connectivity index (χ3n) is 3.48. The summed E-state index contributed by atoms with van der Waals surface area (Å²) in [5, 5.41) is 2.33. The number of anilines is 1. The summed E-state index contributed by atoms with van der Waals surface area (Å²) in [6.07, 6.45) is -1.79. The number of aromatic nitrogens is 2. The lowest BCUT2D eigenvalue weighted by atomic mass is 10.1. The molecule has 0 saturated carbocycles. The standard InChI is InChI=1S/C16H12F4N4O/c17-12-2-1-3-24-8-13(23-14(12)24)15(25)22-11-5-9(7-21)4-10(6-11)16(18,19)20/h1-6,8H,7,21H2,(H,22,25). The number of nitrogens with zero attached hydrogens (tertiary/aromatic N) is 2. The molecule has 0 atom stereocenters. The predicted octanol–water partition coefficient (Wildman–Crippen LogP) is 3.20. The van der Waals surface area contributed by atoms with Gasteiger partial charge in [0.05, 0.1) is 5.56 Å². The zero-order chi connectivity index (χ0) is 18.2. The van der Waals surface area contributed by atoms with Crippen LogP contribution in [-0.2, 0) is 12.7 Å². The number of alkyl halides is 3. The van der Waals surface area contributed by atoms with Crippen molar-refractivity contribution in [3.8, 4) is 0 Å². The summed E-state index contributed by atoms with van der Waals surface area (Å²) in [5.74, 6) is -1.38. The average molecular weight is 352 g/mol. The summed E-state index contributed by atoms with van der Waals surface area (Å²) < 4.78 is 53.7. The zero-order valence-corrected chi connectivity index (χ0v) is 12.6. The molecule has 3 rings (SSSR count). The molecule has 3 N–H and O–H groups in total. The Labute approximate surface area is 139 Å². The van der Waals surface area contributed by atoms with Gasteiger partial charge in [0.25, 0.3) is 5.91 Å². The molecule has 1 amide bonds. The van der Waals surface area contributed by atoms with Crippen LogP contribution in [0.3, 0.4) is 0 Å². The molecule has 0 aliphatic heterocycles. The van der Waals surface area contributed by atoms with Crippen molar-refractivity contribution in [1.82, 2.24) is 9.38 Å². The minimum atomic E-state index is -4.57. The molecular weight excluding hydrogens is 340 g/mol. The van der Waals surface area contributed by atoms with E-state index in [0.717, 1.165) is 12.1 Å². The van der Waals surface area contributed by atoms with E-state index in [0.29, 0.717) is 0 Å². The number of hydrogen-bond acceptors (Lipinski definition) is 3. The third-order valence-corrected chi connectivity index (χ3v) is 3.48. The van der Waals surface area contributed by atoms with Crippen LogP contribution in [0.1, 0.15) is 21.6 Å². The second-order valence-electron chi connectivity index (χ2n) is 5.29. The first-order chi connectivity index (χ1) is 11.8. The third kappa shape index (κ3) is 3.45. The number of imidazole rings is 1. The Kier molecular flexibility index (Phi) is 4.17. The van der Waals surface area contributed by atoms with Crippen molar-refractivity contribution >= 4 is 17.2 Å². The normalized spacial score (nSPS) is 11.7. The first-order valence-corrected chi connectivity index (χ1v) is 7.14. The van der Waals surface area contributed by atoms with Gasteiger partial charge in [-0.15, -0.1) is 0 Å². The molecule has 0 bridgehead atoms. The summed E-state index contributed by atoms with van der Waals surface area (Å²) in [6, 6.07) is 5.67. The molecule has 2 heterocycles. The number of carbonyl (C=O) groups is 1. The number of rotatable bonds is 3. The minimum Gasteiger partial charge on any atom is -0.326 e. The maximum atomic E-state index is 13.6. The molecule has 0 spiro atoms. The monoisotopic (exact) mass is 352 g/mol. The summed E-state index contributed by atoms with van der Waals surface area (Å²) in [6.45, 7) is -0.119. The number of hydrogen-bond donors (Lipinski definition) is 2. The second-order valence-corrected chi connectivity index (χ2v) is 5.29. The summed E-state index contributed by atoms with van der Waals surface area (Å²) in [4.78, 5) is 16.1. The van der Waals surface area contributed by atoms with Crippen LogP contribution < -0.4 is 11.1 Å². The van der Waals surface area contributed by atoms with E-state index in [1.165, 1.54) is 35.0 Å². The molecule has 0 radical (unpaired) electrons. The quantitative estimate of drug-likeness (QED) is 0.711. The van der Waals surface area contributed by atoms with Crippen LogP contribution in [0.15, 0.2) is 42.7 Å². The van der Waals surface area contributed by atoms with Crippen LogP contribution >= 0.6 is 0 Å². The molecule has 5 nitrogen and oxygen atoms in total. The minimum absolute atomic E-state index is 0.0562. The molecule has 1 aromatic carbocycles. The molecule has 25 heavy (non-hydrogen) atoms. The Morgan fingerprint density at radius 2 is 2.04 bits per heavy atom. The van der Waals surface area contributed by atoms with Crippen molar-refractivity contribution in [3.05, 3.63) is 65.4 Å². The second kappa shape index (κ2) is 6.17. The number of benzene rings is 1. The lowest BCUT2D eigenvalue weighted by Crippen LogP contribution is -2.14. The van der Waals surface area contributed by atoms with Gasteiger partial charge in [0.2, 0.25) is 0 Å². The van der Waals surface area contributed by atoms with Crippen molar-refractivity contribution in [2.45, 2.75) is 12.7 Å². The van der Waals surface area contributed by atoms with E-state index >= 15 is 0 Å². The maximum Gasteiger partial charge on any atom is 0.416 e. The number of amides is 1. The first-order valence-electron chi connectivity index (χ1n) is 7.14. The molecule has 0 saturated heterocycles. The van der Waals surface area contributed by atoms with Gasteiger partial charge < -0.3 is 15.5 Å². The van der Waals surface area contributed by atoms with Gasteiger partial charge in [0.1, 0.15) is 5.69 Å². The summed E-state index contributed by atoms with van der Waals surface area (Å²) in [7, 11) is 0. The summed E-state index contributed by atoms with van der Waals surface area (Å²) in [5.41, 5.74) is 4.44. The van der Waals surface area contributed by atoms with E-state index in [2.05, 4.69) is 10.3 Å². The highest BCUT2D eigenvalue weighted by atomic mass is 19.4. The molecule has 0 aliphatic carbocycles. The van der Waals surface area contributed by atoms with Gasteiger partial charge in [-0.25, -0.2) is 9.37 Å². The van der Waals surface area contributed by atoms with Crippen LogP contribution in [0.25, 0.3) is 5.65 Å². The number of carbonyl (C=O) groups excluding carboxylic acids is 1. The maximum absolute atomic E-state index is 13.6. The first kappa shape index (κ1) is 16.9. The number of halogens is 4. The van der Waals surface area contributed by atoms with E-state index in [1.807, 2.05) is 0 Å². The number of pyridine rings is 1. The van der Waals surface area contributed by atoms with Crippen molar-refractivity contribution in [2.24, 2.45) is 5.73 Å². The lowest BCUT2D eigenvalue weighted by molar-refractivity contribution is -0.137. The van der Waals surface area contributed by atoms with Crippen LogP contribution in [0.5, 0.6) is 0 Å². The number of nitrogens with one attached hydrogen (secondary N) is 1. The Morgan fingerprint density at radius 3 is 2.68 bits per heavy atom. The topological polar surface area (TPSA) is 72.4 Å². The fourth-order valence-electron chi connectivity index (χ4n) is 2.33. The van der Waals surface area contributed by atoms with Crippen molar-refractivity contribution in [3.63, 3.8) is 0 Å². The molecular formula is C16H12F4N4O. The molecule has 3 aromatic rings. The molecule has 130 valence electrons.